The van der Waals surface area contributed by atoms with Crippen LogP contribution < -0.4 is 10.1 Å². The molecule has 3 rings (SSSR count). The second kappa shape index (κ2) is 7.49. The minimum absolute atomic E-state index is 0.104. The summed E-state index contributed by atoms with van der Waals surface area (Å²) in [6, 6.07) is 9.14. The lowest BCUT2D eigenvalue weighted by Gasteiger charge is -2.11. The quantitative estimate of drug-likeness (QED) is 0.843. The zero-order valence-electron chi connectivity index (χ0n) is 13.5. The Morgan fingerprint density at radius 3 is 2.67 bits per heavy atom. The third-order valence-corrected chi connectivity index (χ3v) is 5.13. The highest BCUT2D eigenvalue weighted by Crippen LogP contribution is 2.38. The molecule has 5 nitrogen and oxygen atoms in total. The Kier molecular flexibility index (Phi) is 5.15. The topological polar surface area (TPSA) is 64.6 Å². The molecule has 6 heteroatoms. The van der Waals surface area contributed by atoms with Gasteiger partial charge < -0.3 is 14.8 Å². The molecule has 1 aliphatic rings. The summed E-state index contributed by atoms with van der Waals surface area (Å²) in [6.07, 6.45) is 3.96. The van der Waals surface area contributed by atoms with Gasteiger partial charge in [-0.3, -0.25) is 4.79 Å². The number of esters is 1. The van der Waals surface area contributed by atoms with Crippen LogP contribution in [0.15, 0.2) is 30.3 Å². The fraction of sp³-hybridized carbons (Fsp3) is 0.333. The van der Waals surface area contributed by atoms with Crippen LogP contribution >= 0.6 is 11.3 Å². The molecule has 0 unspecified atom stereocenters. The van der Waals surface area contributed by atoms with Gasteiger partial charge in [0.2, 0.25) is 0 Å². The smallest absolute Gasteiger partial charge is 0.341 e. The van der Waals surface area contributed by atoms with E-state index in [4.69, 9.17) is 9.47 Å². The summed E-state index contributed by atoms with van der Waals surface area (Å²) in [5, 5.41) is 3.37. The maximum Gasteiger partial charge on any atom is 0.341 e. The predicted octanol–water partition coefficient (Wildman–Crippen LogP) is 3.43. The number of hydrogen-bond donors (Lipinski definition) is 1. The lowest BCUT2D eigenvalue weighted by molar-refractivity contribution is -0.118. The molecule has 1 aromatic carbocycles. The molecule has 0 aliphatic heterocycles. The maximum atomic E-state index is 12.2. The van der Waals surface area contributed by atoms with Gasteiger partial charge in [0.1, 0.15) is 10.8 Å². The second-order valence-corrected chi connectivity index (χ2v) is 6.66. The summed E-state index contributed by atoms with van der Waals surface area (Å²) < 4.78 is 10.3. The number of methoxy groups -OCH3 is 1. The van der Waals surface area contributed by atoms with E-state index in [1.54, 1.807) is 12.1 Å². The fourth-order valence-electron chi connectivity index (χ4n) is 2.80. The van der Waals surface area contributed by atoms with Gasteiger partial charge in [-0.1, -0.05) is 18.2 Å². The fourth-order valence-corrected chi connectivity index (χ4v) is 4.09. The molecule has 1 aliphatic carbocycles. The van der Waals surface area contributed by atoms with Gasteiger partial charge in [0, 0.05) is 4.88 Å². The van der Waals surface area contributed by atoms with E-state index >= 15 is 0 Å². The van der Waals surface area contributed by atoms with Crippen LogP contribution in [0.4, 0.5) is 5.00 Å². The molecule has 0 saturated carbocycles. The summed E-state index contributed by atoms with van der Waals surface area (Å²) in [5.74, 6) is -0.0532. The Morgan fingerprint density at radius 1 is 1.17 bits per heavy atom. The third kappa shape index (κ3) is 3.59. The number of ether oxygens (including phenoxy) is 2. The van der Waals surface area contributed by atoms with Crippen LogP contribution in [0.2, 0.25) is 0 Å². The highest BCUT2D eigenvalue weighted by Gasteiger charge is 2.26. The number of aryl methyl sites for hydroxylation is 1. The Bertz CT molecular complexity index is 739. The summed E-state index contributed by atoms with van der Waals surface area (Å²) >= 11 is 1.47. The maximum absolute atomic E-state index is 12.2. The van der Waals surface area contributed by atoms with E-state index in [2.05, 4.69) is 5.32 Å². The summed E-state index contributed by atoms with van der Waals surface area (Å²) in [4.78, 5) is 25.5. The van der Waals surface area contributed by atoms with Gasteiger partial charge in [-0.25, -0.2) is 4.79 Å². The Morgan fingerprint density at radius 2 is 1.92 bits per heavy atom. The number of fused-ring (bicyclic) bond motifs is 1. The van der Waals surface area contributed by atoms with Crippen molar-refractivity contribution in [1.29, 1.82) is 0 Å². The van der Waals surface area contributed by atoms with E-state index in [9.17, 15) is 9.59 Å². The van der Waals surface area contributed by atoms with Gasteiger partial charge in [-0.15, -0.1) is 11.3 Å². The molecule has 0 atom stereocenters. The van der Waals surface area contributed by atoms with Crippen LogP contribution in [0.3, 0.4) is 0 Å². The van der Waals surface area contributed by atoms with Gasteiger partial charge in [-0.05, 0) is 43.4 Å². The Labute approximate surface area is 144 Å². The van der Waals surface area contributed by atoms with Crippen molar-refractivity contribution < 1.29 is 19.1 Å². The zero-order valence-corrected chi connectivity index (χ0v) is 14.3. The van der Waals surface area contributed by atoms with Crippen molar-refractivity contribution in [3.8, 4) is 5.75 Å². The van der Waals surface area contributed by atoms with Crippen LogP contribution in [-0.2, 0) is 22.4 Å². The Hall–Kier alpha value is -2.34. The number of para-hydroxylation sites is 1. The van der Waals surface area contributed by atoms with Crippen molar-refractivity contribution in [1.82, 2.24) is 0 Å². The van der Waals surface area contributed by atoms with Crippen LogP contribution in [0.5, 0.6) is 5.75 Å². The highest BCUT2D eigenvalue weighted by atomic mass is 32.1. The minimum atomic E-state index is -0.395. The lowest BCUT2D eigenvalue weighted by Crippen LogP contribution is -2.21. The minimum Gasteiger partial charge on any atom is -0.484 e. The average molecular weight is 345 g/mol. The molecule has 24 heavy (non-hydrogen) atoms. The SMILES string of the molecule is COC(=O)c1c(NC(=O)COc2ccccc2)sc2c1CCCC2. The first-order valence-electron chi connectivity index (χ1n) is 7.89. The third-order valence-electron chi connectivity index (χ3n) is 3.93. The Balaban J connectivity index is 1.73. The molecule has 0 fully saturated rings. The van der Waals surface area contributed by atoms with Gasteiger partial charge in [0.05, 0.1) is 12.7 Å². The zero-order chi connectivity index (χ0) is 16.9. The molecule has 1 N–H and O–H groups in total. The number of carbonyl (C=O) groups is 2. The van der Waals surface area contributed by atoms with Crippen LogP contribution in [0, 0.1) is 0 Å². The molecule has 0 spiro atoms. The van der Waals surface area contributed by atoms with Crippen molar-refractivity contribution in [2.45, 2.75) is 25.7 Å². The van der Waals surface area contributed by atoms with E-state index in [-0.39, 0.29) is 12.5 Å². The molecule has 0 radical (unpaired) electrons. The van der Waals surface area contributed by atoms with E-state index in [1.807, 2.05) is 18.2 Å². The molecule has 1 heterocycles. The molecule has 0 bridgehead atoms. The van der Waals surface area contributed by atoms with Gasteiger partial charge in [0.15, 0.2) is 6.61 Å². The van der Waals surface area contributed by atoms with Crippen molar-refractivity contribution in [3.63, 3.8) is 0 Å². The van der Waals surface area contributed by atoms with Gasteiger partial charge in [-0.2, -0.15) is 0 Å². The summed E-state index contributed by atoms with van der Waals surface area (Å²) in [7, 11) is 1.36. The molecule has 1 amide bonds. The largest absolute Gasteiger partial charge is 0.484 e. The lowest BCUT2D eigenvalue weighted by atomic mass is 9.95. The number of amides is 1. The van der Waals surface area contributed by atoms with Crippen molar-refractivity contribution in [2.24, 2.45) is 0 Å². The molecule has 1 aromatic heterocycles. The number of carbonyl (C=O) groups excluding carboxylic acids is 2. The summed E-state index contributed by atoms with van der Waals surface area (Å²) in [6.45, 7) is -0.104. The van der Waals surface area contributed by atoms with Crippen molar-refractivity contribution in [2.75, 3.05) is 19.0 Å². The van der Waals surface area contributed by atoms with E-state index < -0.39 is 5.97 Å². The molecular formula is C18H19NO4S. The second-order valence-electron chi connectivity index (χ2n) is 5.56. The monoisotopic (exact) mass is 345 g/mol. The number of rotatable bonds is 5. The molecule has 0 saturated heterocycles. The van der Waals surface area contributed by atoms with Crippen LogP contribution in [0.1, 0.15) is 33.6 Å². The van der Waals surface area contributed by atoms with Gasteiger partial charge in [0.25, 0.3) is 5.91 Å². The number of thiophene rings is 1. The van der Waals surface area contributed by atoms with E-state index in [0.717, 1.165) is 31.2 Å². The molecule has 126 valence electrons. The first kappa shape index (κ1) is 16.5. The molecular weight excluding hydrogens is 326 g/mol. The van der Waals surface area contributed by atoms with Crippen LogP contribution in [0.25, 0.3) is 0 Å². The predicted molar refractivity (Wildman–Crippen MR) is 92.9 cm³/mol. The normalized spacial score (nSPS) is 13.0. The number of hydrogen-bond acceptors (Lipinski definition) is 5. The number of anilines is 1. The number of nitrogens with one attached hydrogen (secondary N) is 1. The van der Waals surface area contributed by atoms with E-state index in [1.165, 1.54) is 23.3 Å². The standard InChI is InChI=1S/C18H19NO4S/c1-22-18(21)16-13-9-5-6-10-14(13)24-17(16)19-15(20)11-23-12-7-3-2-4-8-12/h2-4,7-8H,5-6,9-11H2,1H3,(H,19,20). The highest BCUT2D eigenvalue weighted by molar-refractivity contribution is 7.17. The van der Waals surface area contributed by atoms with E-state index in [0.29, 0.717) is 16.3 Å². The van der Waals surface area contributed by atoms with Gasteiger partial charge >= 0.3 is 5.97 Å². The average Bonchev–Trinajstić information content (AvgIpc) is 2.98. The van der Waals surface area contributed by atoms with Crippen LogP contribution in [-0.4, -0.2) is 25.6 Å². The number of benzene rings is 1. The first-order valence-corrected chi connectivity index (χ1v) is 8.71. The van der Waals surface area contributed by atoms with Crippen molar-refractivity contribution >= 4 is 28.2 Å². The first-order chi connectivity index (χ1) is 11.7. The molecule has 2 aromatic rings. The summed E-state index contributed by atoms with van der Waals surface area (Å²) in [5.41, 5.74) is 1.53. The van der Waals surface area contributed by atoms with Crippen molar-refractivity contribution in [3.05, 3.63) is 46.3 Å².